The Hall–Kier alpha value is -2.54. The summed E-state index contributed by atoms with van der Waals surface area (Å²) >= 11 is 0. The molecule has 2 N–H and O–H groups in total. The Morgan fingerprint density at radius 1 is 1.15 bits per heavy atom. The van der Waals surface area contributed by atoms with E-state index in [0.29, 0.717) is 19.3 Å². The van der Waals surface area contributed by atoms with Crippen molar-refractivity contribution in [2.45, 2.75) is 31.8 Å². The predicted molar refractivity (Wildman–Crippen MR) is 99.0 cm³/mol. The topological polar surface area (TPSA) is 79.5 Å². The number of anilines is 1. The maximum Gasteiger partial charge on any atom is 0.264 e. The summed E-state index contributed by atoms with van der Waals surface area (Å²) in [6.07, 6.45) is 3.49. The molecule has 2 aliphatic rings. The number of H-pyrrole nitrogens is 1. The van der Waals surface area contributed by atoms with Crippen molar-refractivity contribution in [2.75, 3.05) is 31.2 Å². The van der Waals surface area contributed by atoms with Gasteiger partial charge in [-0.25, -0.2) is 5.10 Å². The summed E-state index contributed by atoms with van der Waals surface area (Å²) in [5.74, 6) is 2.49. The molecular weight excluding hydrogens is 332 g/mol. The van der Waals surface area contributed by atoms with Gasteiger partial charge in [0, 0.05) is 31.7 Å². The maximum atomic E-state index is 11.2. The van der Waals surface area contributed by atoms with Crippen LogP contribution in [0, 0.1) is 0 Å². The Balaban J connectivity index is 1.36. The highest BCUT2D eigenvalue weighted by Gasteiger charge is 2.23. The summed E-state index contributed by atoms with van der Waals surface area (Å²) in [5.41, 5.74) is 1.01. The highest BCUT2D eigenvalue weighted by molar-refractivity contribution is 5.44. The van der Waals surface area contributed by atoms with Gasteiger partial charge in [0.2, 0.25) is 0 Å². The standard InChI is InChI=1S/C19H24N4O3/c24-19-7-6-18(21-22-19)23-8-2-1-3-15(23)13-20-12-14-4-5-16-17(11-14)26-10-9-25-16/h4-7,11,15,20H,1-3,8-10,12-13H2,(H,22,24). The molecule has 4 rings (SSSR count). The summed E-state index contributed by atoms with van der Waals surface area (Å²) in [6.45, 7) is 3.83. The predicted octanol–water partition coefficient (Wildman–Crippen LogP) is 1.69. The maximum absolute atomic E-state index is 11.2. The largest absolute Gasteiger partial charge is 0.486 e. The van der Waals surface area contributed by atoms with Gasteiger partial charge in [0.05, 0.1) is 0 Å². The van der Waals surface area contributed by atoms with Crippen molar-refractivity contribution in [3.05, 3.63) is 46.2 Å². The van der Waals surface area contributed by atoms with Gasteiger partial charge in [0.15, 0.2) is 11.5 Å². The fourth-order valence-corrected chi connectivity index (χ4v) is 3.59. The smallest absolute Gasteiger partial charge is 0.264 e. The van der Waals surface area contributed by atoms with Crippen LogP contribution < -0.4 is 25.2 Å². The number of piperidine rings is 1. The van der Waals surface area contributed by atoms with E-state index >= 15 is 0 Å². The van der Waals surface area contributed by atoms with Gasteiger partial charge in [-0.1, -0.05) is 6.07 Å². The first-order valence-corrected chi connectivity index (χ1v) is 9.21. The summed E-state index contributed by atoms with van der Waals surface area (Å²) in [4.78, 5) is 13.5. The van der Waals surface area contributed by atoms with E-state index in [1.807, 2.05) is 12.1 Å². The molecule has 1 aromatic carbocycles. The van der Waals surface area contributed by atoms with E-state index in [-0.39, 0.29) is 5.56 Å². The zero-order chi connectivity index (χ0) is 17.8. The van der Waals surface area contributed by atoms with Crippen molar-refractivity contribution in [1.82, 2.24) is 15.5 Å². The molecule has 1 saturated heterocycles. The number of ether oxygens (including phenoxy) is 2. The molecule has 7 heteroatoms. The van der Waals surface area contributed by atoms with Crippen molar-refractivity contribution in [2.24, 2.45) is 0 Å². The van der Waals surface area contributed by atoms with Crippen molar-refractivity contribution in [3.8, 4) is 11.5 Å². The molecule has 1 aromatic heterocycles. The minimum absolute atomic E-state index is 0.168. The molecule has 26 heavy (non-hydrogen) atoms. The highest BCUT2D eigenvalue weighted by Crippen LogP contribution is 2.30. The zero-order valence-corrected chi connectivity index (χ0v) is 14.7. The second-order valence-electron chi connectivity index (χ2n) is 6.73. The van der Waals surface area contributed by atoms with Crippen LogP contribution in [0.4, 0.5) is 5.82 Å². The molecule has 2 aromatic rings. The van der Waals surface area contributed by atoms with E-state index in [1.54, 1.807) is 6.07 Å². The van der Waals surface area contributed by atoms with E-state index in [4.69, 9.17) is 9.47 Å². The number of fused-ring (bicyclic) bond motifs is 1. The van der Waals surface area contributed by atoms with Crippen LogP contribution in [0.25, 0.3) is 0 Å². The van der Waals surface area contributed by atoms with Gasteiger partial charge in [-0.05, 0) is 43.0 Å². The highest BCUT2D eigenvalue weighted by atomic mass is 16.6. The van der Waals surface area contributed by atoms with Gasteiger partial charge in [0.1, 0.15) is 19.0 Å². The summed E-state index contributed by atoms with van der Waals surface area (Å²) in [7, 11) is 0. The molecule has 7 nitrogen and oxygen atoms in total. The number of aromatic amines is 1. The van der Waals surface area contributed by atoms with Crippen LogP contribution in [0.15, 0.2) is 35.1 Å². The Morgan fingerprint density at radius 3 is 2.88 bits per heavy atom. The quantitative estimate of drug-likeness (QED) is 0.849. The summed E-state index contributed by atoms with van der Waals surface area (Å²) < 4.78 is 11.2. The molecule has 1 atom stereocenters. The first-order chi connectivity index (χ1) is 12.8. The average Bonchev–Trinajstić information content (AvgIpc) is 2.69. The van der Waals surface area contributed by atoms with E-state index in [2.05, 4.69) is 26.5 Å². The molecule has 0 radical (unpaired) electrons. The Morgan fingerprint density at radius 2 is 2.04 bits per heavy atom. The number of hydrogen-bond acceptors (Lipinski definition) is 6. The number of nitrogens with one attached hydrogen (secondary N) is 2. The van der Waals surface area contributed by atoms with Crippen molar-refractivity contribution < 1.29 is 9.47 Å². The monoisotopic (exact) mass is 356 g/mol. The minimum Gasteiger partial charge on any atom is -0.486 e. The molecule has 0 aliphatic carbocycles. The number of rotatable bonds is 5. The van der Waals surface area contributed by atoms with Crippen LogP contribution in [0.1, 0.15) is 24.8 Å². The molecule has 0 spiro atoms. The molecule has 0 bridgehead atoms. The van der Waals surface area contributed by atoms with Gasteiger partial charge in [-0.15, -0.1) is 0 Å². The molecular formula is C19H24N4O3. The van der Waals surface area contributed by atoms with Crippen LogP contribution in [0.2, 0.25) is 0 Å². The SMILES string of the molecule is O=c1ccc(N2CCCCC2CNCc2ccc3c(c2)OCCO3)n[nH]1. The van der Waals surface area contributed by atoms with Crippen molar-refractivity contribution >= 4 is 5.82 Å². The van der Waals surface area contributed by atoms with E-state index in [0.717, 1.165) is 49.8 Å². The number of aromatic nitrogens is 2. The van der Waals surface area contributed by atoms with Crippen LogP contribution in [0.3, 0.4) is 0 Å². The fourth-order valence-electron chi connectivity index (χ4n) is 3.59. The van der Waals surface area contributed by atoms with E-state index in [1.165, 1.54) is 18.1 Å². The normalized spacial score (nSPS) is 19.4. The molecule has 2 aliphatic heterocycles. The number of nitrogens with zero attached hydrogens (tertiary/aromatic N) is 2. The van der Waals surface area contributed by atoms with Gasteiger partial charge in [-0.2, -0.15) is 5.10 Å². The van der Waals surface area contributed by atoms with Crippen LogP contribution in [0.5, 0.6) is 11.5 Å². The van der Waals surface area contributed by atoms with Crippen molar-refractivity contribution in [1.29, 1.82) is 0 Å². The third-order valence-electron chi connectivity index (χ3n) is 4.90. The first kappa shape index (κ1) is 16.9. The Bertz CT molecular complexity index is 787. The lowest BCUT2D eigenvalue weighted by atomic mass is 10.0. The fraction of sp³-hybridized carbons (Fsp3) is 0.474. The Kier molecular flexibility index (Phi) is 5.06. The van der Waals surface area contributed by atoms with Crippen LogP contribution in [-0.4, -0.2) is 42.5 Å². The van der Waals surface area contributed by atoms with Crippen molar-refractivity contribution in [3.63, 3.8) is 0 Å². The second kappa shape index (κ2) is 7.78. The average molecular weight is 356 g/mol. The molecule has 1 fully saturated rings. The van der Waals surface area contributed by atoms with Gasteiger partial charge in [-0.3, -0.25) is 4.79 Å². The van der Waals surface area contributed by atoms with Crippen LogP contribution in [-0.2, 0) is 6.54 Å². The van der Waals surface area contributed by atoms with Gasteiger partial charge in [0.25, 0.3) is 5.56 Å². The third kappa shape index (κ3) is 3.83. The van der Waals surface area contributed by atoms with Gasteiger partial charge >= 0.3 is 0 Å². The lowest BCUT2D eigenvalue weighted by Crippen LogP contribution is -2.46. The zero-order valence-electron chi connectivity index (χ0n) is 14.7. The van der Waals surface area contributed by atoms with E-state index < -0.39 is 0 Å². The van der Waals surface area contributed by atoms with Gasteiger partial charge < -0.3 is 19.7 Å². The molecule has 0 saturated carbocycles. The number of hydrogen-bond donors (Lipinski definition) is 2. The van der Waals surface area contributed by atoms with Crippen LogP contribution >= 0.6 is 0 Å². The number of benzene rings is 1. The Labute approximate surface area is 152 Å². The molecule has 3 heterocycles. The molecule has 0 amide bonds. The minimum atomic E-state index is -0.168. The lowest BCUT2D eigenvalue weighted by Gasteiger charge is -2.36. The molecule has 138 valence electrons. The van der Waals surface area contributed by atoms with E-state index in [9.17, 15) is 4.79 Å². The summed E-state index contributed by atoms with van der Waals surface area (Å²) in [5, 5.41) is 10.3. The summed E-state index contributed by atoms with van der Waals surface area (Å²) in [6, 6.07) is 9.81. The lowest BCUT2D eigenvalue weighted by molar-refractivity contribution is 0.171. The second-order valence-corrected chi connectivity index (χ2v) is 6.73. The first-order valence-electron chi connectivity index (χ1n) is 9.21. The third-order valence-corrected chi connectivity index (χ3v) is 4.90. The molecule has 1 unspecified atom stereocenters.